The Kier molecular flexibility index (Phi) is 6.52. The number of nitrogens with zero attached hydrogens (tertiary/aromatic N) is 2. The fourth-order valence-electron chi connectivity index (χ4n) is 4.83. The predicted octanol–water partition coefficient (Wildman–Crippen LogP) is 8.21. The third kappa shape index (κ3) is 5.10. The summed E-state index contributed by atoms with van der Waals surface area (Å²) < 4.78 is 8.23. The first-order valence-electron chi connectivity index (χ1n) is 13.0. The van der Waals surface area contributed by atoms with Crippen LogP contribution in [0.2, 0.25) is 0 Å². The van der Waals surface area contributed by atoms with Gasteiger partial charge in [-0.25, -0.2) is 9.78 Å². The van der Waals surface area contributed by atoms with Gasteiger partial charge in [0.2, 0.25) is 0 Å². The van der Waals surface area contributed by atoms with Crippen LogP contribution in [-0.2, 0) is 11.3 Å². The van der Waals surface area contributed by atoms with Gasteiger partial charge in [-0.15, -0.1) is 0 Å². The molecule has 0 aliphatic rings. The fourth-order valence-corrected chi connectivity index (χ4v) is 4.83. The van der Waals surface area contributed by atoms with Gasteiger partial charge in [-0.05, 0) is 54.4 Å². The summed E-state index contributed by atoms with van der Waals surface area (Å²) in [6, 6.07) is 38.3. The average molecular weight is 509 g/mol. The van der Waals surface area contributed by atoms with E-state index in [1.165, 1.54) is 16.3 Å². The lowest BCUT2D eigenvalue weighted by Gasteiger charge is -2.13. The van der Waals surface area contributed by atoms with Crippen molar-refractivity contribution in [1.82, 2.24) is 9.55 Å². The highest BCUT2D eigenvalue weighted by atomic mass is 16.5. The van der Waals surface area contributed by atoms with Gasteiger partial charge in [0, 0.05) is 11.6 Å². The first-order chi connectivity index (χ1) is 19.0. The summed E-state index contributed by atoms with van der Waals surface area (Å²) >= 11 is 0. The van der Waals surface area contributed by atoms with Crippen LogP contribution in [0.1, 0.15) is 38.4 Å². The van der Waals surface area contributed by atoms with Gasteiger partial charge < -0.3 is 9.30 Å². The predicted molar refractivity (Wildman–Crippen MR) is 158 cm³/mol. The van der Waals surface area contributed by atoms with Gasteiger partial charge in [-0.3, -0.25) is 0 Å². The molecule has 0 radical (unpaired) electrons. The van der Waals surface area contributed by atoms with Crippen LogP contribution < -0.4 is 0 Å². The molecule has 4 nitrogen and oxygen atoms in total. The van der Waals surface area contributed by atoms with E-state index in [0.29, 0.717) is 17.9 Å². The lowest BCUT2D eigenvalue weighted by molar-refractivity contribution is 0.0693. The second-order valence-corrected chi connectivity index (χ2v) is 9.81. The number of ether oxygens (including phenoxy) is 1. The molecular formula is C35H28N2O2. The second-order valence-electron chi connectivity index (χ2n) is 9.81. The first-order valence-corrected chi connectivity index (χ1v) is 13.0. The van der Waals surface area contributed by atoms with E-state index in [0.717, 1.165) is 33.5 Å². The summed E-state index contributed by atoms with van der Waals surface area (Å²) in [5, 5.41) is 2.40. The number of carbonyl (C=O) groups excluding carboxylic acids is 1. The van der Waals surface area contributed by atoms with Gasteiger partial charge in [0.05, 0.1) is 23.1 Å². The largest absolute Gasteiger partial charge is 0.422 e. The smallest absolute Gasteiger partial charge is 0.343 e. The minimum absolute atomic E-state index is 0.404. The molecule has 4 heteroatoms. The van der Waals surface area contributed by atoms with Crippen molar-refractivity contribution in [2.24, 2.45) is 0 Å². The number of hydrogen-bond donors (Lipinski definition) is 0. The van der Waals surface area contributed by atoms with Crippen molar-refractivity contribution >= 4 is 39.6 Å². The molecule has 6 aromatic rings. The van der Waals surface area contributed by atoms with Crippen LogP contribution >= 0.6 is 0 Å². The SMILES string of the molecule is Cc1ccc(C(=O)O/C(=C/c2nc3ccccc3n2Cc2cccc3ccccc23)c2ccc(C)cc2)cc1. The van der Waals surface area contributed by atoms with Crippen molar-refractivity contribution < 1.29 is 9.53 Å². The zero-order valence-corrected chi connectivity index (χ0v) is 22.0. The zero-order chi connectivity index (χ0) is 26.8. The summed E-state index contributed by atoms with van der Waals surface area (Å²) in [5.74, 6) is 0.769. The molecule has 0 atom stereocenters. The molecule has 39 heavy (non-hydrogen) atoms. The van der Waals surface area contributed by atoms with E-state index in [1.54, 1.807) is 12.1 Å². The Morgan fingerprint density at radius 2 is 1.38 bits per heavy atom. The molecule has 0 spiro atoms. The molecule has 0 aliphatic heterocycles. The summed E-state index contributed by atoms with van der Waals surface area (Å²) in [4.78, 5) is 18.2. The molecule has 0 unspecified atom stereocenters. The Bertz CT molecular complexity index is 1820. The second kappa shape index (κ2) is 10.4. The Balaban J connectivity index is 1.47. The van der Waals surface area contributed by atoms with E-state index < -0.39 is 5.97 Å². The number of esters is 1. The van der Waals surface area contributed by atoms with Crippen LogP contribution in [0.25, 0.3) is 33.6 Å². The Morgan fingerprint density at radius 3 is 2.15 bits per heavy atom. The number of para-hydroxylation sites is 2. The van der Waals surface area contributed by atoms with Crippen molar-refractivity contribution in [3.05, 3.63) is 149 Å². The molecule has 0 saturated carbocycles. The number of imidazole rings is 1. The highest BCUT2D eigenvalue weighted by Crippen LogP contribution is 2.27. The topological polar surface area (TPSA) is 44.1 Å². The van der Waals surface area contributed by atoms with Crippen LogP contribution in [0, 0.1) is 13.8 Å². The van der Waals surface area contributed by atoms with E-state index in [-0.39, 0.29) is 0 Å². The Labute approximate surface area is 227 Å². The maximum Gasteiger partial charge on any atom is 0.343 e. The molecule has 1 aromatic heterocycles. The van der Waals surface area contributed by atoms with Gasteiger partial charge in [-0.1, -0.05) is 102 Å². The van der Waals surface area contributed by atoms with Crippen LogP contribution in [0.15, 0.2) is 115 Å². The standard InChI is InChI=1S/C35H28N2O2/c1-24-14-18-27(19-15-24)33(39-35(38)28-20-16-25(2)17-21-28)22-34-36-31-12-5-6-13-32(31)37(34)23-29-10-7-9-26-8-3-4-11-30(26)29/h3-22H,23H2,1-2H3/b33-22+. The molecule has 190 valence electrons. The summed E-state index contributed by atoms with van der Waals surface area (Å²) in [5.41, 5.74) is 6.63. The first kappa shape index (κ1) is 24.4. The fraction of sp³-hybridized carbons (Fsp3) is 0.0857. The molecule has 0 amide bonds. The monoisotopic (exact) mass is 508 g/mol. The highest BCUT2D eigenvalue weighted by Gasteiger charge is 2.16. The number of aromatic nitrogens is 2. The van der Waals surface area contributed by atoms with Gasteiger partial charge in [-0.2, -0.15) is 0 Å². The van der Waals surface area contributed by atoms with Crippen molar-refractivity contribution in [3.8, 4) is 0 Å². The Hall–Kier alpha value is -4.96. The van der Waals surface area contributed by atoms with Gasteiger partial charge >= 0.3 is 5.97 Å². The lowest BCUT2D eigenvalue weighted by atomic mass is 10.0. The molecule has 0 saturated heterocycles. The molecule has 0 fully saturated rings. The minimum Gasteiger partial charge on any atom is -0.422 e. The quantitative estimate of drug-likeness (QED) is 0.168. The number of fused-ring (bicyclic) bond motifs is 2. The normalized spacial score (nSPS) is 11.7. The van der Waals surface area contributed by atoms with Crippen LogP contribution in [0.5, 0.6) is 0 Å². The van der Waals surface area contributed by atoms with Gasteiger partial charge in [0.1, 0.15) is 11.6 Å². The van der Waals surface area contributed by atoms with Crippen molar-refractivity contribution in [2.75, 3.05) is 0 Å². The van der Waals surface area contributed by atoms with Crippen LogP contribution in [0.4, 0.5) is 0 Å². The minimum atomic E-state index is -0.404. The van der Waals surface area contributed by atoms with Crippen LogP contribution in [0.3, 0.4) is 0 Å². The van der Waals surface area contributed by atoms with E-state index in [2.05, 4.69) is 53.1 Å². The summed E-state index contributed by atoms with van der Waals surface area (Å²) in [6.07, 6.45) is 1.88. The maximum absolute atomic E-state index is 13.2. The van der Waals surface area contributed by atoms with E-state index >= 15 is 0 Å². The maximum atomic E-state index is 13.2. The number of rotatable bonds is 6. The third-order valence-corrected chi connectivity index (χ3v) is 6.98. The highest BCUT2D eigenvalue weighted by molar-refractivity contribution is 5.95. The summed E-state index contributed by atoms with van der Waals surface area (Å²) in [7, 11) is 0. The molecule has 5 aromatic carbocycles. The summed E-state index contributed by atoms with van der Waals surface area (Å²) in [6.45, 7) is 4.66. The number of aryl methyl sites for hydroxylation is 2. The van der Waals surface area contributed by atoms with Crippen molar-refractivity contribution in [3.63, 3.8) is 0 Å². The molecule has 0 N–H and O–H groups in total. The third-order valence-electron chi connectivity index (χ3n) is 6.98. The lowest BCUT2D eigenvalue weighted by Crippen LogP contribution is -2.07. The zero-order valence-electron chi connectivity index (χ0n) is 22.0. The van der Waals surface area contributed by atoms with Crippen molar-refractivity contribution in [2.45, 2.75) is 20.4 Å². The van der Waals surface area contributed by atoms with Gasteiger partial charge in [0.15, 0.2) is 0 Å². The van der Waals surface area contributed by atoms with E-state index in [1.807, 2.05) is 74.5 Å². The van der Waals surface area contributed by atoms with E-state index in [9.17, 15) is 4.79 Å². The average Bonchev–Trinajstić information content (AvgIpc) is 3.30. The molecule has 6 rings (SSSR count). The number of benzene rings is 5. The number of carbonyl (C=O) groups is 1. The van der Waals surface area contributed by atoms with E-state index in [4.69, 9.17) is 9.72 Å². The van der Waals surface area contributed by atoms with Gasteiger partial charge in [0.25, 0.3) is 0 Å². The van der Waals surface area contributed by atoms with Crippen LogP contribution in [-0.4, -0.2) is 15.5 Å². The molecular weight excluding hydrogens is 480 g/mol. The molecule has 1 heterocycles. The molecule has 0 bridgehead atoms. The van der Waals surface area contributed by atoms with Crippen molar-refractivity contribution in [1.29, 1.82) is 0 Å². The number of hydrogen-bond acceptors (Lipinski definition) is 3. The molecule has 0 aliphatic carbocycles. The Morgan fingerprint density at radius 1 is 0.744 bits per heavy atom.